The van der Waals surface area contributed by atoms with Gasteiger partial charge in [0.1, 0.15) is 15.8 Å². The first-order valence-corrected chi connectivity index (χ1v) is 7.40. The molecule has 1 aromatic carbocycles. The van der Waals surface area contributed by atoms with Crippen molar-refractivity contribution in [1.82, 2.24) is 0 Å². The maximum Gasteiger partial charge on any atom is 0.261 e. The second kappa shape index (κ2) is 4.77. The van der Waals surface area contributed by atoms with Crippen molar-refractivity contribution in [3.05, 3.63) is 63.5 Å². The van der Waals surface area contributed by atoms with Gasteiger partial charge in [-0.05, 0) is 0 Å². The summed E-state index contributed by atoms with van der Waals surface area (Å²) in [7, 11) is 0. The van der Waals surface area contributed by atoms with E-state index in [2.05, 4.69) is 0 Å². The zero-order valence-corrected chi connectivity index (χ0v) is 12.0. The molecule has 1 amide bonds. The molecule has 1 aliphatic carbocycles. The van der Waals surface area contributed by atoms with Crippen molar-refractivity contribution < 1.29 is 4.79 Å². The van der Waals surface area contributed by atoms with Gasteiger partial charge in [-0.1, -0.05) is 24.3 Å². The third-order valence-electron chi connectivity index (χ3n) is 2.97. The number of rotatable bonds is 1. The highest BCUT2D eigenvalue weighted by Crippen LogP contribution is 2.20. The Morgan fingerprint density at radius 1 is 1.05 bits per heavy atom. The first-order chi connectivity index (χ1) is 10.0. The van der Waals surface area contributed by atoms with Gasteiger partial charge in [0, 0.05) is 10.8 Å². The molecule has 7 heteroatoms. The second-order valence-electron chi connectivity index (χ2n) is 4.20. The molecule has 0 spiro atoms. The molecule has 3 rings (SSSR count). The monoisotopic (exact) mass is 314 g/mol. The molecule has 1 heterocycles. The minimum Gasteiger partial charge on any atom is -0.365 e. The molecule has 0 atom stereocenters. The summed E-state index contributed by atoms with van der Waals surface area (Å²) < 4.78 is 0.349. The third kappa shape index (κ3) is 1.93. The molecule has 5 nitrogen and oxygen atoms in total. The van der Waals surface area contributed by atoms with E-state index >= 15 is 0 Å². The smallest absolute Gasteiger partial charge is 0.261 e. The Kier molecular flexibility index (Phi) is 3.05. The zero-order valence-electron chi connectivity index (χ0n) is 10.4. The minimum atomic E-state index is -0.783. The average Bonchev–Trinajstić information content (AvgIpc) is 2.51. The molecular weight excluding hydrogens is 308 g/mol. The van der Waals surface area contributed by atoms with Crippen LogP contribution in [0.3, 0.4) is 0 Å². The average molecular weight is 314 g/mol. The molecule has 0 aromatic heterocycles. The van der Waals surface area contributed by atoms with E-state index < -0.39 is 5.91 Å². The van der Waals surface area contributed by atoms with Crippen LogP contribution >= 0.6 is 22.7 Å². The normalized spacial score (nSPS) is 10.6. The van der Waals surface area contributed by atoms with Crippen molar-refractivity contribution in [2.45, 2.75) is 0 Å². The lowest BCUT2D eigenvalue weighted by atomic mass is 10.1. The van der Waals surface area contributed by atoms with Gasteiger partial charge in [0.2, 0.25) is 10.9 Å². The maximum absolute atomic E-state index is 12.5. The quantitative estimate of drug-likeness (QED) is 0.733. The number of amides is 1. The highest BCUT2D eigenvalue weighted by Gasteiger charge is 2.15. The van der Waals surface area contributed by atoms with E-state index in [-0.39, 0.29) is 29.7 Å². The summed E-state index contributed by atoms with van der Waals surface area (Å²) in [6, 6.07) is 8.33. The van der Waals surface area contributed by atoms with Gasteiger partial charge in [0.05, 0.1) is 9.06 Å². The van der Waals surface area contributed by atoms with Gasteiger partial charge in [-0.2, -0.15) is 5.26 Å². The summed E-state index contributed by atoms with van der Waals surface area (Å²) >= 11 is 1.64. The van der Waals surface area contributed by atoms with Gasteiger partial charge in [-0.25, -0.2) is 0 Å². The fraction of sp³-hybridized carbons (Fsp3) is 0. The lowest BCUT2D eigenvalue weighted by Crippen LogP contribution is -2.16. The molecule has 1 aliphatic heterocycles. The Bertz CT molecular complexity index is 1120. The standard InChI is InChI=1S/C14H6N2O3S2/c15-5-8-11(14(16)19)21-13-10(18)7-4-2-1-3-6(7)9(17)12(13)20-8/h1-4H,(H2,16,19). The van der Waals surface area contributed by atoms with Crippen LogP contribution in [0.15, 0.2) is 33.9 Å². The van der Waals surface area contributed by atoms with Crippen molar-refractivity contribution in [2.24, 2.45) is 5.73 Å². The molecule has 0 unspecified atom stereocenters. The fourth-order valence-corrected chi connectivity index (χ4v) is 4.21. The first-order valence-electron chi connectivity index (χ1n) is 5.77. The second-order valence-corrected chi connectivity index (χ2v) is 6.24. The lowest BCUT2D eigenvalue weighted by molar-refractivity contribution is 0.100. The molecule has 1 aromatic rings. The summed E-state index contributed by atoms with van der Waals surface area (Å²) in [6.07, 6.45) is 0. The molecule has 0 radical (unpaired) electrons. The molecule has 2 N–H and O–H groups in total. The number of carbonyl (C=O) groups is 1. The minimum absolute atomic E-state index is 0.00165. The molecule has 0 bridgehead atoms. The summed E-state index contributed by atoms with van der Waals surface area (Å²) in [5.41, 5.74) is 4.59. The maximum atomic E-state index is 12.5. The van der Waals surface area contributed by atoms with Gasteiger partial charge < -0.3 is 5.73 Å². The fourth-order valence-electron chi connectivity index (χ4n) is 2.05. The molecule has 102 valence electrons. The Hall–Kier alpha value is -2.56. The topological polar surface area (TPSA) is 101 Å². The van der Waals surface area contributed by atoms with Crippen molar-refractivity contribution in [3.63, 3.8) is 0 Å². The summed E-state index contributed by atoms with van der Waals surface area (Å²) in [6.45, 7) is 0. The van der Waals surface area contributed by atoms with Crippen LogP contribution in [-0.4, -0.2) is 5.91 Å². The number of hydrogen-bond acceptors (Lipinski definition) is 6. The number of carbonyl (C=O) groups excluding carboxylic acids is 1. The van der Waals surface area contributed by atoms with Crippen LogP contribution in [0.4, 0.5) is 0 Å². The number of hydrogen-bond donors (Lipinski definition) is 1. The van der Waals surface area contributed by atoms with Crippen molar-refractivity contribution >= 4 is 39.4 Å². The van der Waals surface area contributed by atoms with Crippen LogP contribution < -0.4 is 16.6 Å². The first kappa shape index (κ1) is 13.4. The largest absolute Gasteiger partial charge is 0.365 e. The number of nitrogens with two attached hydrogens (primary N) is 1. The summed E-state index contributed by atoms with van der Waals surface area (Å²) in [5, 5.41) is 9.70. The Morgan fingerprint density at radius 3 is 2.05 bits per heavy atom. The predicted octanol–water partition coefficient (Wildman–Crippen LogP) is 1.38. The molecule has 0 saturated heterocycles. The Labute approximate surface area is 125 Å². The van der Waals surface area contributed by atoms with Gasteiger partial charge in [0.25, 0.3) is 5.91 Å². The van der Waals surface area contributed by atoms with Crippen LogP contribution in [0.5, 0.6) is 0 Å². The number of primary amides is 1. The van der Waals surface area contributed by atoms with E-state index in [0.29, 0.717) is 10.8 Å². The predicted molar refractivity (Wildman–Crippen MR) is 80.8 cm³/mol. The highest BCUT2D eigenvalue weighted by molar-refractivity contribution is 7.19. The van der Waals surface area contributed by atoms with Crippen LogP contribution in [0, 0.1) is 20.4 Å². The SMILES string of the molecule is N#Cc1sc2c(=O)c3ccccc3c(=O)c=2sc1C(N)=O. The number of fused-ring (bicyclic) bond motifs is 1. The van der Waals surface area contributed by atoms with Crippen LogP contribution in [0.25, 0.3) is 10.8 Å². The third-order valence-corrected chi connectivity index (χ3v) is 5.53. The van der Waals surface area contributed by atoms with Crippen LogP contribution in [-0.2, 0) is 0 Å². The van der Waals surface area contributed by atoms with E-state index in [1.165, 1.54) is 0 Å². The van der Waals surface area contributed by atoms with Crippen LogP contribution in [0.1, 0.15) is 14.5 Å². The van der Waals surface area contributed by atoms with Gasteiger partial charge in [0.15, 0.2) is 0 Å². The summed E-state index contributed by atoms with van der Waals surface area (Å²) in [5.74, 6) is -0.783. The van der Waals surface area contributed by atoms with Crippen molar-refractivity contribution in [3.8, 4) is 6.07 Å². The number of nitrogens with zero attached hydrogens (tertiary/aromatic N) is 1. The van der Waals surface area contributed by atoms with E-state index in [4.69, 9.17) is 11.0 Å². The molecular formula is C14H6N2O3S2. The molecule has 2 aliphatic rings. The van der Waals surface area contributed by atoms with E-state index in [1.54, 1.807) is 24.3 Å². The van der Waals surface area contributed by atoms with Crippen LogP contribution in [0.2, 0.25) is 0 Å². The highest BCUT2D eigenvalue weighted by atomic mass is 32.1. The van der Waals surface area contributed by atoms with E-state index in [0.717, 1.165) is 22.7 Å². The van der Waals surface area contributed by atoms with E-state index in [9.17, 15) is 14.4 Å². The molecule has 21 heavy (non-hydrogen) atoms. The zero-order chi connectivity index (χ0) is 15.1. The van der Waals surface area contributed by atoms with Gasteiger partial charge in [-0.3, -0.25) is 14.4 Å². The molecule has 0 fully saturated rings. The lowest BCUT2D eigenvalue weighted by Gasteiger charge is -2.00. The number of nitriles is 1. The summed E-state index contributed by atoms with van der Waals surface area (Å²) in [4.78, 5) is 36.3. The van der Waals surface area contributed by atoms with Crippen molar-refractivity contribution in [1.29, 1.82) is 5.26 Å². The van der Waals surface area contributed by atoms with Gasteiger partial charge >= 0.3 is 0 Å². The van der Waals surface area contributed by atoms with Gasteiger partial charge in [-0.15, -0.1) is 22.7 Å². The van der Waals surface area contributed by atoms with Crippen molar-refractivity contribution in [2.75, 3.05) is 0 Å². The Balaban J connectivity index is 2.72. The van der Waals surface area contributed by atoms with E-state index in [1.807, 2.05) is 6.07 Å². The Morgan fingerprint density at radius 2 is 1.57 bits per heavy atom. The number of benzene rings is 1. The molecule has 0 saturated carbocycles.